The van der Waals surface area contributed by atoms with Crippen LogP contribution in [0.5, 0.6) is 46.0 Å². The maximum absolute atomic E-state index is 15.3. The Bertz CT molecular complexity index is 3990. The van der Waals surface area contributed by atoms with Crippen molar-refractivity contribution in [1.29, 1.82) is 0 Å². The molecule has 10 rings (SSSR count). The van der Waals surface area contributed by atoms with E-state index in [0.717, 1.165) is 66.8 Å². The highest BCUT2D eigenvalue weighted by molar-refractivity contribution is 5.82. The van der Waals surface area contributed by atoms with Crippen LogP contribution < -0.4 is 9.47 Å². The number of phenols is 6. The van der Waals surface area contributed by atoms with Gasteiger partial charge >= 0.3 is 0 Å². The van der Waals surface area contributed by atoms with E-state index >= 15 is 4.79 Å². The molecule has 0 heterocycles. The highest BCUT2D eigenvalue weighted by Crippen LogP contribution is 2.47. The maximum atomic E-state index is 15.3. The number of phenolic OH excluding ortho intramolecular Hbond substituents is 6. The van der Waals surface area contributed by atoms with Crippen molar-refractivity contribution in [3.8, 4) is 46.0 Å². The SMILES string of the molecule is CC(C)(C)c1cc2c(O)c(c1)Cc1cc(C(C)(C)C)cc(c1O)Cc1cc(C(C)(C)C)cc(c1OCC(=O)COc1c3cc(C(C)(C)C)cc1Cc1cc(C(C)(C)C)cc(c1O)Cc1cc(C(C)(C)C)cc(c1O)Cc1cc(C(C)(C)C)cc(c1O)C3)Cc1cc(C(C)(C)C)cc(c1O)C2. The normalized spacial score (nSPS) is 14.2. The zero-order valence-electron chi connectivity index (χ0n) is 64.7. The highest BCUT2D eigenvalue weighted by atomic mass is 16.5. The third kappa shape index (κ3) is 16.1. The second-order valence-electron chi connectivity index (χ2n) is 37.6. The van der Waals surface area contributed by atoms with Crippen LogP contribution in [0.15, 0.2) is 97.1 Å². The van der Waals surface area contributed by atoms with Gasteiger partial charge in [-0.25, -0.2) is 0 Å². The van der Waals surface area contributed by atoms with Gasteiger partial charge in [-0.15, -0.1) is 0 Å². The summed E-state index contributed by atoms with van der Waals surface area (Å²) in [6.07, 6.45) is 1.89. The average molecular weight is 1350 g/mol. The first kappa shape index (κ1) is 74.5. The molecule has 532 valence electrons. The summed E-state index contributed by atoms with van der Waals surface area (Å²) in [5.74, 6) is 1.38. The number of hydrogen-bond acceptors (Lipinski definition) is 9. The van der Waals surface area contributed by atoms with E-state index in [0.29, 0.717) is 78.3 Å². The number of Topliss-reactive ketones (excluding diaryl/α,β-unsaturated/α-hetero) is 1. The summed E-state index contributed by atoms with van der Waals surface area (Å²) in [5, 5.41) is 76.0. The number of carbonyl (C=O) groups is 1. The standard InChI is InChI=1S/C91H114O9/c1-84(2,3)67-33-51-25-55-37-69(86(7,8)9)41-59(78(55)95)29-63-45-73(90(19,20)21)46-64(30-60-42-70(87(10,11)12)38-56(79(60)96)26-52(34-67)76(51)93)82(63)99-49-75(92)50-100-83-65-31-61-43-71(88(13,14)15)39-57(80(61)97)27-53-35-68(85(4,5)6)36-54(77(53)94)28-58-40-72(89(16,17)18)44-62(81(58)98)32-66(83)48-74(47-65)91(22,23)24/h33-48,93-98H,25-32,49-50H2,1-24H3. The first-order valence-electron chi connectivity index (χ1n) is 36.1. The topological polar surface area (TPSA) is 157 Å². The maximum Gasteiger partial charge on any atom is 0.207 e. The van der Waals surface area contributed by atoms with Crippen LogP contribution >= 0.6 is 0 Å². The van der Waals surface area contributed by atoms with Gasteiger partial charge in [0.1, 0.15) is 46.0 Å². The molecule has 0 spiro atoms. The van der Waals surface area contributed by atoms with Gasteiger partial charge in [0.2, 0.25) is 5.78 Å². The monoisotopic (exact) mass is 1350 g/mol. The minimum absolute atomic E-state index is 0.123. The molecule has 9 nitrogen and oxygen atoms in total. The molecule has 0 amide bonds. The number of ether oxygens (including phenoxy) is 2. The number of rotatable bonds is 6. The van der Waals surface area contributed by atoms with Crippen molar-refractivity contribution in [2.45, 2.75) is 261 Å². The van der Waals surface area contributed by atoms with Gasteiger partial charge in [-0.05, 0) is 177 Å². The lowest BCUT2D eigenvalue weighted by Crippen LogP contribution is -2.22. The van der Waals surface area contributed by atoms with Gasteiger partial charge < -0.3 is 40.1 Å². The molecule has 0 aliphatic heterocycles. The molecule has 2 aliphatic rings. The molecular weight excluding hydrogens is 1240 g/mol. The Hall–Kier alpha value is -8.17. The molecule has 16 bridgehead atoms. The van der Waals surface area contributed by atoms with E-state index in [4.69, 9.17) is 9.47 Å². The highest BCUT2D eigenvalue weighted by Gasteiger charge is 2.33. The average Bonchev–Trinajstić information content (AvgIpc) is 0.765. The van der Waals surface area contributed by atoms with Crippen molar-refractivity contribution < 1.29 is 44.9 Å². The van der Waals surface area contributed by atoms with Crippen molar-refractivity contribution in [3.63, 3.8) is 0 Å². The first-order chi connectivity index (χ1) is 45.9. The molecule has 0 unspecified atom stereocenters. The van der Waals surface area contributed by atoms with Gasteiger partial charge in [0.15, 0.2) is 13.2 Å². The Balaban J connectivity index is 1.14. The van der Waals surface area contributed by atoms with Crippen LogP contribution in [0.2, 0.25) is 0 Å². The summed E-state index contributed by atoms with van der Waals surface area (Å²) in [4.78, 5) is 15.3. The van der Waals surface area contributed by atoms with E-state index in [1.807, 2.05) is 0 Å². The Labute approximate surface area is 598 Å². The molecule has 8 aromatic carbocycles. The second-order valence-corrected chi connectivity index (χ2v) is 37.6. The zero-order chi connectivity index (χ0) is 73.9. The lowest BCUT2D eigenvalue weighted by molar-refractivity contribution is -0.123. The minimum Gasteiger partial charge on any atom is -0.507 e. The van der Waals surface area contributed by atoms with Crippen LogP contribution in [-0.2, 0) is 99.5 Å². The van der Waals surface area contributed by atoms with Gasteiger partial charge in [0.05, 0.1) is 0 Å². The summed E-state index contributed by atoms with van der Waals surface area (Å²) in [5.41, 5.74) is 16.7. The molecule has 6 N–H and O–H groups in total. The second kappa shape index (κ2) is 26.3. The first-order valence-corrected chi connectivity index (χ1v) is 36.1. The number of aromatic hydroxyl groups is 6. The molecule has 0 radical (unpaired) electrons. The van der Waals surface area contributed by atoms with Crippen molar-refractivity contribution in [2.24, 2.45) is 0 Å². The molecule has 100 heavy (non-hydrogen) atoms. The Morgan fingerprint density at radius 3 is 0.460 bits per heavy atom. The van der Waals surface area contributed by atoms with E-state index in [2.05, 4.69) is 263 Å². The zero-order valence-corrected chi connectivity index (χ0v) is 64.7. The van der Waals surface area contributed by atoms with Gasteiger partial charge in [-0.1, -0.05) is 263 Å². The third-order valence-electron chi connectivity index (χ3n) is 20.8. The molecule has 0 fully saturated rings. The number of carbonyl (C=O) groups excluding carboxylic acids is 1. The fraction of sp³-hybridized carbons (Fsp3) is 0.462. The fourth-order valence-corrected chi connectivity index (χ4v) is 14.0. The quantitative estimate of drug-likeness (QED) is 0.0954. The molecule has 0 atom stereocenters. The molecule has 0 saturated carbocycles. The molecule has 2 aliphatic carbocycles. The van der Waals surface area contributed by atoms with E-state index < -0.39 is 0 Å². The smallest absolute Gasteiger partial charge is 0.207 e. The molecule has 9 heteroatoms. The molecule has 0 aromatic heterocycles. The van der Waals surface area contributed by atoms with E-state index in [1.165, 1.54) is 0 Å². The van der Waals surface area contributed by atoms with Gasteiger partial charge in [-0.2, -0.15) is 0 Å². The largest absolute Gasteiger partial charge is 0.507 e. The minimum atomic E-state index is -0.387. The Kier molecular flexibility index (Phi) is 19.6. The van der Waals surface area contributed by atoms with Crippen LogP contribution in [0, 0.1) is 0 Å². The summed E-state index contributed by atoms with van der Waals surface area (Å²) in [6.45, 7) is 51.2. The molecular formula is C91H114O9. The van der Waals surface area contributed by atoms with Gasteiger partial charge in [0, 0.05) is 51.4 Å². The van der Waals surface area contributed by atoms with E-state index in [1.54, 1.807) is 0 Å². The predicted molar refractivity (Wildman–Crippen MR) is 410 cm³/mol. The van der Waals surface area contributed by atoms with Crippen molar-refractivity contribution >= 4 is 5.78 Å². The summed E-state index contributed by atoms with van der Waals surface area (Å²) >= 11 is 0. The van der Waals surface area contributed by atoms with E-state index in [9.17, 15) is 30.6 Å². The van der Waals surface area contributed by atoms with Crippen LogP contribution in [0.3, 0.4) is 0 Å². The lowest BCUT2D eigenvalue weighted by atomic mass is 9.79. The predicted octanol–water partition coefficient (Wildman–Crippen LogP) is 20.7. The Morgan fingerprint density at radius 1 is 0.230 bits per heavy atom. The summed E-state index contributed by atoms with van der Waals surface area (Å²) in [6, 6.07) is 33.4. The number of hydrogen-bond donors (Lipinski definition) is 6. The van der Waals surface area contributed by atoms with Crippen LogP contribution in [-0.4, -0.2) is 49.6 Å². The number of benzene rings is 8. The van der Waals surface area contributed by atoms with Crippen LogP contribution in [0.25, 0.3) is 0 Å². The van der Waals surface area contributed by atoms with Gasteiger partial charge in [-0.3, -0.25) is 4.79 Å². The molecule has 0 saturated heterocycles. The van der Waals surface area contributed by atoms with Crippen molar-refractivity contribution in [3.05, 3.63) is 231 Å². The van der Waals surface area contributed by atoms with Gasteiger partial charge in [0.25, 0.3) is 0 Å². The van der Waals surface area contributed by atoms with Crippen molar-refractivity contribution in [2.75, 3.05) is 13.2 Å². The summed E-state index contributed by atoms with van der Waals surface area (Å²) < 4.78 is 14.2. The lowest BCUT2D eigenvalue weighted by Gasteiger charge is -2.28. The van der Waals surface area contributed by atoms with E-state index in [-0.39, 0.29) is 148 Å². The fourth-order valence-electron chi connectivity index (χ4n) is 14.0. The number of ketones is 1. The molecule has 8 aromatic rings. The Morgan fingerprint density at radius 2 is 0.340 bits per heavy atom. The van der Waals surface area contributed by atoms with Crippen molar-refractivity contribution in [1.82, 2.24) is 0 Å². The summed E-state index contributed by atoms with van der Waals surface area (Å²) in [7, 11) is 0. The van der Waals surface area contributed by atoms with Crippen LogP contribution in [0.4, 0.5) is 0 Å². The van der Waals surface area contributed by atoms with Crippen LogP contribution in [0.1, 0.15) is 300 Å². The number of fused-ring (bicyclic) bond motifs is 16. The third-order valence-corrected chi connectivity index (χ3v) is 20.8.